The summed E-state index contributed by atoms with van der Waals surface area (Å²) in [5.41, 5.74) is 2.24. The number of likely N-dealkylation sites (tertiary alicyclic amines) is 1. The summed E-state index contributed by atoms with van der Waals surface area (Å²) in [5, 5.41) is 11.3. The first-order valence-corrected chi connectivity index (χ1v) is 7.92. The van der Waals surface area contributed by atoms with E-state index in [0.717, 1.165) is 25.9 Å². The van der Waals surface area contributed by atoms with Gasteiger partial charge in [-0.15, -0.1) is 0 Å². The van der Waals surface area contributed by atoms with E-state index in [1.54, 1.807) is 4.90 Å². The predicted molar refractivity (Wildman–Crippen MR) is 81.4 cm³/mol. The summed E-state index contributed by atoms with van der Waals surface area (Å²) < 4.78 is 5.33. The molecule has 2 heterocycles. The number of aliphatic carboxylic acids is 1. The molecule has 2 N–H and O–H groups in total. The summed E-state index contributed by atoms with van der Waals surface area (Å²) in [6.07, 6.45) is 3.07. The molecule has 22 heavy (non-hydrogen) atoms. The molecule has 0 atom stereocenters. The second-order valence-corrected chi connectivity index (χ2v) is 7.35. The molecule has 0 aromatic carbocycles. The first-order valence-electron chi connectivity index (χ1n) is 7.92. The van der Waals surface area contributed by atoms with Gasteiger partial charge in [0.15, 0.2) is 0 Å². The molecule has 0 aliphatic carbocycles. The van der Waals surface area contributed by atoms with Crippen LogP contribution in [-0.4, -0.2) is 64.4 Å². The Labute approximate surface area is 131 Å². The zero-order valence-corrected chi connectivity index (χ0v) is 13.7. The summed E-state index contributed by atoms with van der Waals surface area (Å²) in [6, 6.07) is 0. The highest BCUT2D eigenvalue weighted by Gasteiger charge is 2.48. The van der Waals surface area contributed by atoms with Crippen molar-refractivity contribution < 1.29 is 19.4 Å². The third-order valence-electron chi connectivity index (χ3n) is 3.88. The smallest absolute Gasteiger partial charge is 0.410 e. The average Bonchev–Trinajstić information content (AvgIpc) is 2.33. The molecular formula is C15H27N3O4. The lowest BCUT2D eigenvalue weighted by Crippen LogP contribution is -2.74. The van der Waals surface area contributed by atoms with Crippen molar-refractivity contribution in [2.45, 2.75) is 57.6 Å². The SMILES string of the molecule is CC(C)(C)OC(=O)N1CC(CC(=O)O)(NN2CCCCC2)C1. The van der Waals surface area contributed by atoms with Crippen molar-refractivity contribution in [3.05, 3.63) is 0 Å². The number of carbonyl (C=O) groups is 2. The van der Waals surface area contributed by atoms with Crippen molar-refractivity contribution in [2.24, 2.45) is 0 Å². The Kier molecular flexibility index (Phi) is 4.97. The van der Waals surface area contributed by atoms with Crippen LogP contribution in [0.1, 0.15) is 46.5 Å². The number of piperidine rings is 1. The molecule has 0 radical (unpaired) electrons. The molecule has 1 amide bonds. The molecule has 7 nitrogen and oxygen atoms in total. The second kappa shape index (κ2) is 6.42. The molecule has 0 spiro atoms. The zero-order chi connectivity index (χ0) is 16.4. The number of nitrogens with one attached hydrogen (secondary N) is 1. The number of rotatable bonds is 4. The van der Waals surface area contributed by atoms with E-state index in [1.165, 1.54) is 6.42 Å². The van der Waals surface area contributed by atoms with Gasteiger partial charge in [-0.1, -0.05) is 6.42 Å². The summed E-state index contributed by atoms with van der Waals surface area (Å²) in [7, 11) is 0. The molecule has 0 saturated carbocycles. The Morgan fingerprint density at radius 2 is 1.77 bits per heavy atom. The van der Waals surface area contributed by atoms with Crippen LogP contribution in [0.5, 0.6) is 0 Å². The van der Waals surface area contributed by atoms with E-state index in [4.69, 9.17) is 9.84 Å². The Bertz CT molecular complexity index is 421. The van der Waals surface area contributed by atoms with Gasteiger partial charge in [-0.2, -0.15) is 0 Å². The van der Waals surface area contributed by atoms with Gasteiger partial charge in [0, 0.05) is 26.2 Å². The van der Waals surface area contributed by atoms with Crippen LogP contribution in [0, 0.1) is 0 Å². The first kappa shape index (κ1) is 17.0. The zero-order valence-electron chi connectivity index (χ0n) is 13.7. The van der Waals surface area contributed by atoms with Gasteiger partial charge in [-0.05, 0) is 33.6 Å². The van der Waals surface area contributed by atoms with Gasteiger partial charge in [0.05, 0.1) is 12.0 Å². The Morgan fingerprint density at radius 3 is 2.27 bits per heavy atom. The van der Waals surface area contributed by atoms with Crippen LogP contribution in [-0.2, 0) is 9.53 Å². The molecule has 7 heteroatoms. The first-order chi connectivity index (χ1) is 10.2. The van der Waals surface area contributed by atoms with E-state index in [0.29, 0.717) is 13.1 Å². The molecule has 0 unspecified atom stereocenters. The lowest BCUT2D eigenvalue weighted by Gasteiger charge is -2.52. The minimum Gasteiger partial charge on any atom is -0.481 e. The van der Waals surface area contributed by atoms with Crippen molar-refractivity contribution in [1.82, 2.24) is 15.3 Å². The topological polar surface area (TPSA) is 82.1 Å². The van der Waals surface area contributed by atoms with Crippen LogP contribution in [0.15, 0.2) is 0 Å². The van der Waals surface area contributed by atoms with Crippen molar-refractivity contribution in [2.75, 3.05) is 26.2 Å². The van der Waals surface area contributed by atoms with Gasteiger partial charge in [-0.25, -0.2) is 15.2 Å². The molecule has 2 saturated heterocycles. The minimum absolute atomic E-state index is 0.00278. The second-order valence-electron chi connectivity index (χ2n) is 7.35. The van der Waals surface area contributed by atoms with Crippen LogP contribution >= 0.6 is 0 Å². The van der Waals surface area contributed by atoms with Crippen molar-refractivity contribution >= 4 is 12.1 Å². The maximum atomic E-state index is 12.0. The molecule has 2 rings (SSSR count). The number of hydrazine groups is 1. The third-order valence-corrected chi connectivity index (χ3v) is 3.88. The number of carbonyl (C=O) groups excluding carboxylic acids is 1. The van der Waals surface area contributed by atoms with Crippen LogP contribution in [0.25, 0.3) is 0 Å². The number of carboxylic acid groups (broad SMARTS) is 1. The molecule has 126 valence electrons. The number of ether oxygens (including phenoxy) is 1. The summed E-state index contributed by atoms with van der Waals surface area (Å²) in [5.74, 6) is -0.853. The van der Waals surface area contributed by atoms with E-state index in [1.807, 2.05) is 20.8 Å². The highest BCUT2D eigenvalue weighted by molar-refractivity contribution is 5.73. The van der Waals surface area contributed by atoms with Gasteiger partial charge < -0.3 is 14.7 Å². The van der Waals surface area contributed by atoms with E-state index in [-0.39, 0.29) is 12.5 Å². The monoisotopic (exact) mass is 313 g/mol. The lowest BCUT2D eigenvalue weighted by atomic mass is 9.87. The Balaban J connectivity index is 1.92. The Hall–Kier alpha value is -1.34. The highest BCUT2D eigenvalue weighted by atomic mass is 16.6. The lowest BCUT2D eigenvalue weighted by molar-refractivity contribution is -0.142. The third kappa shape index (κ3) is 4.58. The molecule has 2 aliphatic rings. The quantitative estimate of drug-likeness (QED) is 0.817. The van der Waals surface area contributed by atoms with Gasteiger partial charge in [0.1, 0.15) is 5.60 Å². The fourth-order valence-corrected chi connectivity index (χ4v) is 2.99. The fourth-order valence-electron chi connectivity index (χ4n) is 2.99. The van der Waals surface area contributed by atoms with Crippen LogP contribution in [0.3, 0.4) is 0 Å². The number of carboxylic acids is 1. The summed E-state index contributed by atoms with van der Waals surface area (Å²) in [6.45, 7) is 8.04. The number of nitrogens with zero attached hydrogens (tertiary/aromatic N) is 2. The van der Waals surface area contributed by atoms with Crippen LogP contribution in [0.4, 0.5) is 4.79 Å². The largest absolute Gasteiger partial charge is 0.481 e. The molecule has 0 aromatic heterocycles. The van der Waals surface area contributed by atoms with Crippen molar-refractivity contribution in [1.29, 1.82) is 0 Å². The van der Waals surface area contributed by atoms with Crippen LogP contribution in [0.2, 0.25) is 0 Å². The molecule has 2 fully saturated rings. The van der Waals surface area contributed by atoms with Crippen LogP contribution < -0.4 is 5.43 Å². The van der Waals surface area contributed by atoms with Crippen molar-refractivity contribution in [3.63, 3.8) is 0 Å². The highest BCUT2D eigenvalue weighted by Crippen LogP contribution is 2.28. The maximum Gasteiger partial charge on any atom is 0.410 e. The van der Waals surface area contributed by atoms with E-state index in [2.05, 4.69) is 10.4 Å². The summed E-state index contributed by atoms with van der Waals surface area (Å²) >= 11 is 0. The van der Waals surface area contributed by atoms with Gasteiger partial charge in [0.25, 0.3) is 0 Å². The molecule has 0 bridgehead atoms. The maximum absolute atomic E-state index is 12.0. The van der Waals surface area contributed by atoms with Gasteiger partial charge in [-0.3, -0.25) is 4.79 Å². The van der Waals surface area contributed by atoms with Gasteiger partial charge >= 0.3 is 12.1 Å². The standard InChI is InChI=1S/C15H27N3O4/c1-14(2,3)22-13(21)17-10-15(11-17,9-12(19)20)16-18-7-5-4-6-8-18/h16H,4-11H2,1-3H3,(H,19,20). The predicted octanol–water partition coefficient (Wildman–Crippen LogP) is 1.44. The minimum atomic E-state index is -0.853. The molecule has 0 aromatic rings. The Morgan fingerprint density at radius 1 is 1.18 bits per heavy atom. The summed E-state index contributed by atoms with van der Waals surface area (Å²) in [4.78, 5) is 24.7. The van der Waals surface area contributed by atoms with E-state index < -0.39 is 17.1 Å². The molecular weight excluding hydrogens is 286 g/mol. The van der Waals surface area contributed by atoms with Crippen molar-refractivity contribution in [3.8, 4) is 0 Å². The number of hydrogen-bond donors (Lipinski definition) is 2. The average molecular weight is 313 g/mol. The van der Waals surface area contributed by atoms with Gasteiger partial charge in [0.2, 0.25) is 0 Å². The molecule has 2 aliphatic heterocycles. The van der Waals surface area contributed by atoms with E-state index in [9.17, 15) is 9.59 Å². The number of amides is 1. The normalized spacial score (nSPS) is 22.0. The van der Waals surface area contributed by atoms with E-state index >= 15 is 0 Å². The number of hydrogen-bond acceptors (Lipinski definition) is 5. The fraction of sp³-hybridized carbons (Fsp3) is 0.867.